The number of rotatable bonds is 12. The molecule has 0 fully saturated rings. The zero-order chi connectivity index (χ0) is 30.1. The van der Waals surface area contributed by atoms with Crippen LogP contribution in [0.25, 0.3) is 0 Å². The fourth-order valence-corrected chi connectivity index (χ4v) is 4.41. The lowest BCUT2D eigenvalue weighted by Crippen LogP contribution is -2.55. The maximum atomic E-state index is 13.5. The SMILES string of the molecule is Cc1c(O)cccc1C(=O)NC(Cc1ccccc1)C(O)C(=O)N(CC(=O)NCc1ccc(Cl)cc1O)CC(C)O. The van der Waals surface area contributed by atoms with Gasteiger partial charge in [0.15, 0.2) is 6.10 Å². The number of hydrogen-bond acceptors (Lipinski definition) is 7. The van der Waals surface area contributed by atoms with Gasteiger partial charge in [0.25, 0.3) is 11.8 Å². The second-order valence-electron chi connectivity index (χ2n) is 9.78. The third-order valence-corrected chi connectivity index (χ3v) is 6.69. The Morgan fingerprint density at radius 2 is 1.66 bits per heavy atom. The highest BCUT2D eigenvalue weighted by atomic mass is 35.5. The van der Waals surface area contributed by atoms with Crippen LogP contribution < -0.4 is 10.6 Å². The summed E-state index contributed by atoms with van der Waals surface area (Å²) in [7, 11) is 0. The molecule has 0 radical (unpaired) electrons. The smallest absolute Gasteiger partial charge is 0.254 e. The summed E-state index contributed by atoms with van der Waals surface area (Å²) in [6, 6.07) is 16.7. The van der Waals surface area contributed by atoms with Gasteiger partial charge in [-0.15, -0.1) is 0 Å². The summed E-state index contributed by atoms with van der Waals surface area (Å²) >= 11 is 5.84. The molecular formula is C30H34ClN3O7. The van der Waals surface area contributed by atoms with Gasteiger partial charge in [0.2, 0.25) is 5.91 Å². The Hall–Kier alpha value is -4.12. The van der Waals surface area contributed by atoms with E-state index in [0.29, 0.717) is 16.1 Å². The first-order valence-corrected chi connectivity index (χ1v) is 13.4. The van der Waals surface area contributed by atoms with E-state index in [2.05, 4.69) is 10.6 Å². The molecule has 10 nitrogen and oxygen atoms in total. The number of aliphatic hydroxyl groups is 2. The maximum Gasteiger partial charge on any atom is 0.254 e. The number of phenolic OH excluding ortho intramolecular Hbond substituents is 2. The van der Waals surface area contributed by atoms with Crippen LogP contribution in [-0.2, 0) is 22.6 Å². The van der Waals surface area contributed by atoms with Gasteiger partial charge in [-0.3, -0.25) is 14.4 Å². The van der Waals surface area contributed by atoms with Gasteiger partial charge in [-0.05, 0) is 50.1 Å². The van der Waals surface area contributed by atoms with Crippen molar-refractivity contribution in [1.29, 1.82) is 0 Å². The van der Waals surface area contributed by atoms with Crippen molar-refractivity contribution in [2.24, 2.45) is 0 Å². The van der Waals surface area contributed by atoms with Crippen molar-refractivity contribution >= 4 is 29.3 Å². The molecule has 0 spiro atoms. The van der Waals surface area contributed by atoms with Crippen LogP contribution in [0.3, 0.4) is 0 Å². The van der Waals surface area contributed by atoms with Crippen molar-refractivity contribution in [3.05, 3.63) is 94.0 Å². The van der Waals surface area contributed by atoms with Crippen molar-refractivity contribution < 1.29 is 34.8 Å². The average Bonchev–Trinajstić information content (AvgIpc) is 2.92. The Morgan fingerprint density at radius 1 is 0.951 bits per heavy atom. The highest BCUT2D eigenvalue weighted by Gasteiger charge is 2.33. The lowest BCUT2D eigenvalue weighted by Gasteiger charge is -2.30. The van der Waals surface area contributed by atoms with Gasteiger partial charge in [0.05, 0.1) is 18.7 Å². The Balaban J connectivity index is 1.79. The van der Waals surface area contributed by atoms with E-state index in [1.165, 1.54) is 31.2 Å². The first kappa shape index (κ1) is 31.4. The maximum absolute atomic E-state index is 13.5. The molecule has 0 saturated heterocycles. The molecule has 41 heavy (non-hydrogen) atoms. The van der Waals surface area contributed by atoms with Crippen LogP contribution in [0.4, 0.5) is 0 Å². The predicted molar refractivity (Wildman–Crippen MR) is 153 cm³/mol. The third-order valence-electron chi connectivity index (χ3n) is 6.45. The molecular weight excluding hydrogens is 550 g/mol. The second-order valence-corrected chi connectivity index (χ2v) is 10.2. The monoisotopic (exact) mass is 583 g/mol. The quantitative estimate of drug-likeness (QED) is 0.191. The van der Waals surface area contributed by atoms with E-state index in [0.717, 1.165) is 10.5 Å². The molecule has 0 aliphatic heterocycles. The first-order chi connectivity index (χ1) is 19.5. The summed E-state index contributed by atoms with van der Waals surface area (Å²) in [5.41, 5.74) is 1.65. The number of amides is 3. The summed E-state index contributed by atoms with van der Waals surface area (Å²) in [5, 5.41) is 46.9. The number of phenols is 2. The molecule has 3 aromatic carbocycles. The number of nitrogens with one attached hydrogen (secondary N) is 2. The van der Waals surface area contributed by atoms with Crippen LogP contribution in [0.2, 0.25) is 5.02 Å². The van der Waals surface area contributed by atoms with E-state index >= 15 is 0 Å². The number of benzene rings is 3. The van der Waals surface area contributed by atoms with Crippen molar-refractivity contribution in [2.45, 2.75) is 45.1 Å². The molecule has 218 valence electrons. The molecule has 3 aromatic rings. The Morgan fingerprint density at radius 3 is 2.32 bits per heavy atom. The molecule has 0 bridgehead atoms. The van der Waals surface area contributed by atoms with Gasteiger partial charge in [-0.1, -0.05) is 54.1 Å². The molecule has 0 aromatic heterocycles. The number of halogens is 1. The van der Waals surface area contributed by atoms with Gasteiger partial charge in [-0.2, -0.15) is 0 Å². The summed E-state index contributed by atoms with van der Waals surface area (Å²) in [5.74, 6) is -2.25. The van der Waals surface area contributed by atoms with Crippen LogP contribution in [0.5, 0.6) is 11.5 Å². The molecule has 0 heterocycles. The number of nitrogens with zero attached hydrogens (tertiary/aromatic N) is 1. The largest absolute Gasteiger partial charge is 0.508 e. The van der Waals surface area contributed by atoms with Crippen LogP contribution in [-0.4, -0.2) is 74.4 Å². The average molecular weight is 584 g/mol. The van der Waals surface area contributed by atoms with Gasteiger partial charge >= 0.3 is 0 Å². The Labute approximate surface area is 243 Å². The van der Waals surface area contributed by atoms with Crippen LogP contribution in [0.15, 0.2) is 66.7 Å². The summed E-state index contributed by atoms with van der Waals surface area (Å²) in [6.45, 7) is 2.21. The number of aliphatic hydroxyl groups excluding tert-OH is 2. The first-order valence-electron chi connectivity index (χ1n) is 13.0. The second kappa shape index (κ2) is 14.5. The topological polar surface area (TPSA) is 159 Å². The molecule has 0 aliphatic rings. The molecule has 3 amide bonds. The van der Waals surface area contributed by atoms with Gasteiger partial charge < -0.3 is 36.0 Å². The molecule has 6 N–H and O–H groups in total. The highest BCUT2D eigenvalue weighted by molar-refractivity contribution is 6.30. The number of carbonyl (C=O) groups is 3. The van der Waals surface area contributed by atoms with E-state index in [1.807, 2.05) is 6.07 Å². The molecule has 0 aliphatic carbocycles. The lowest BCUT2D eigenvalue weighted by atomic mass is 9.98. The van der Waals surface area contributed by atoms with Gasteiger partial charge in [0, 0.05) is 34.8 Å². The molecule has 3 unspecified atom stereocenters. The zero-order valence-electron chi connectivity index (χ0n) is 22.8. The fraction of sp³-hybridized carbons (Fsp3) is 0.300. The summed E-state index contributed by atoms with van der Waals surface area (Å²) in [4.78, 5) is 40.4. The van der Waals surface area contributed by atoms with E-state index in [9.17, 15) is 34.8 Å². The van der Waals surface area contributed by atoms with Crippen molar-refractivity contribution in [3.63, 3.8) is 0 Å². The number of aromatic hydroxyl groups is 2. The van der Waals surface area contributed by atoms with Gasteiger partial charge in [0.1, 0.15) is 11.5 Å². The van der Waals surface area contributed by atoms with Crippen LogP contribution >= 0.6 is 11.6 Å². The molecule has 3 atom stereocenters. The van der Waals surface area contributed by atoms with Crippen molar-refractivity contribution in [1.82, 2.24) is 15.5 Å². The van der Waals surface area contributed by atoms with Crippen molar-refractivity contribution in [2.75, 3.05) is 13.1 Å². The third kappa shape index (κ3) is 8.94. The molecule has 11 heteroatoms. The van der Waals surface area contributed by atoms with E-state index < -0.39 is 42.5 Å². The van der Waals surface area contributed by atoms with Crippen molar-refractivity contribution in [3.8, 4) is 11.5 Å². The van der Waals surface area contributed by atoms with E-state index in [4.69, 9.17) is 11.6 Å². The van der Waals surface area contributed by atoms with Gasteiger partial charge in [-0.25, -0.2) is 0 Å². The Bertz CT molecular complexity index is 1370. The van der Waals surface area contributed by atoms with E-state index in [1.54, 1.807) is 43.3 Å². The van der Waals surface area contributed by atoms with E-state index in [-0.39, 0.29) is 36.6 Å². The predicted octanol–water partition coefficient (Wildman–Crippen LogP) is 2.29. The minimum atomic E-state index is -1.77. The highest BCUT2D eigenvalue weighted by Crippen LogP contribution is 2.22. The summed E-state index contributed by atoms with van der Waals surface area (Å²) < 4.78 is 0. The Kier molecular flexibility index (Phi) is 11.1. The zero-order valence-corrected chi connectivity index (χ0v) is 23.5. The number of hydrogen-bond donors (Lipinski definition) is 6. The molecule has 0 saturated carbocycles. The minimum absolute atomic E-state index is 0.0446. The minimum Gasteiger partial charge on any atom is -0.508 e. The molecule has 3 rings (SSSR count). The lowest BCUT2D eigenvalue weighted by molar-refractivity contribution is -0.145. The standard InChI is InChI=1S/C30H34ClN3O7/c1-18(35)16-34(17-27(38)32-15-21-11-12-22(31)14-26(21)37)30(41)28(39)24(13-20-7-4-3-5-8-20)33-29(40)23-9-6-10-25(36)19(23)2/h3-12,14,18,24,28,35-37,39H,13,15-17H2,1-2H3,(H,32,38)(H,33,40). The normalized spacial score (nSPS) is 13.1. The summed E-state index contributed by atoms with van der Waals surface area (Å²) in [6.07, 6.45) is -2.71. The van der Waals surface area contributed by atoms with Crippen LogP contribution in [0.1, 0.15) is 34.0 Å². The fourth-order valence-electron chi connectivity index (χ4n) is 4.25. The number of carbonyl (C=O) groups excluding carboxylic acids is 3. The van der Waals surface area contributed by atoms with Crippen LogP contribution in [0, 0.1) is 6.92 Å².